The zero-order valence-electron chi connectivity index (χ0n) is 18.4. The first-order chi connectivity index (χ1) is 13.7. The summed E-state index contributed by atoms with van der Waals surface area (Å²) < 4.78 is 0. The maximum Gasteiger partial charge on any atom is 0.115 e. The van der Waals surface area contributed by atoms with Crippen LogP contribution in [0.4, 0.5) is 0 Å². The Bertz CT molecular complexity index is 907. The molecule has 1 aromatic rings. The minimum absolute atomic E-state index is 0.0138. The molecule has 0 heterocycles. The van der Waals surface area contributed by atoms with Crippen LogP contribution in [0.15, 0.2) is 90.1 Å². The molecule has 0 bridgehead atoms. The van der Waals surface area contributed by atoms with Crippen molar-refractivity contribution in [3.63, 3.8) is 0 Å². The molecule has 0 spiro atoms. The first-order valence-electron chi connectivity index (χ1n) is 9.86. The number of rotatable bonds is 9. The van der Waals surface area contributed by atoms with Gasteiger partial charge in [-0.3, -0.25) is 0 Å². The average molecular weight is 407 g/mol. The van der Waals surface area contributed by atoms with Gasteiger partial charge in [0.2, 0.25) is 0 Å². The third-order valence-corrected chi connectivity index (χ3v) is 5.61. The van der Waals surface area contributed by atoms with Crippen molar-refractivity contribution in [2.45, 2.75) is 41.0 Å². The van der Waals surface area contributed by atoms with Gasteiger partial charge in [-0.1, -0.05) is 69.2 Å². The maximum absolute atomic E-state index is 9.83. The first-order valence-corrected chi connectivity index (χ1v) is 10.3. The predicted molar refractivity (Wildman–Crippen MR) is 134 cm³/mol. The van der Waals surface area contributed by atoms with Gasteiger partial charge in [0.15, 0.2) is 0 Å². The molecule has 1 atom stereocenters. The molecule has 0 saturated carbocycles. The first kappa shape index (κ1) is 24.6. The Morgan fingerprint density at radius 1 is 1.17 bits per heavy atom. The van der Waals surface area contributed by atoms with Crippen LogP contribution in [0.5, 0.6) is 0 Å². The molecule has 1 rings (SSSR count). The summed E-state index contributed by atoms with van der Waals surface area (Å²) in [4.78, 5) is 1.05. The van der Waals surface area contributed by atoms with Gasteiger partial charge < -0.3 is 5.11 Å². The summed E-state index contributed by atoms with van der Waals surface area (Å²) in [7, 11) is 0. The van der Waals surface area contributed by atoms with Gasteiger partial charge in [0.1, 0.15) is 5.76 Å². The van der Waals surface area contributed by atoms with Gasteiger partial charge in [-0.05, 0) is 84.4 Å². The van der Waals surface area contributed by atoms with Crippen molar-refractivity contribution in [2.24, 2.45) is 5.92 Å². The molecule has 0 aromatic heterocycles. The molecule has 0 fully saturated rings. The zero-order valence-corrected chi connectivity index (χ0v) is 19.3. The molecular formula is C27H34OS. The van der Waals surface area contributed by atoms with Gasteiger partial charge in [-0.25, -0.2) is 0 Å². The minimum atomic E-state index is 0.0138. The summed E-state index contributed by atoms with van der Waals surface area (Å²) in [6, 6.07) is 4.45. The molecule has 154 valence electrons. The second-order valence-corrected chi connectivity index (χ2v) is 7.81. The van der Waals surface area contributed by atoms with Gasteiger partial charge >= 0.3 is 0 Å². The quantitative estimate of drug-likeness (QED) is 0.242. The lowest BCUT2D eigenvalue weighted by molar-refractivity contribution is 0.428. The second-order valence-electron chi connectivity index (χ2n) is 7.29. The second kappa shape index (κ2) is 11.5. The molecule has 0 aliphatic rings. The highest BCUT2D eigenvalue weighted by atomic mass is 32.1. The van der Waals surface area contributed by atoms with Crippen LogP contribution in [-0.4, -0.2) is 5.11 Å². The highest BCUT2D eigenvalue weighted by molar-refractivity contribution is 7.84. The summed E-state index contributed by atoms with van der Waals surface area (Å²) in [5, 5.41) is 9.83. The Morgan fingerprint density at radius 3 is 2.31 bits per heavy atom. The number of aryl methyl sites for hydroxylation is 2. The van der Waals surface area contributed by atoms with Crippen molar-refractivity contribution in [2.75, 3.05) is 0 Å². The molecule has 0 saturated heterocycles. The number of aliphatic hydroxyl groups is 1. The number of hydrogen-bond donors (Lipinski definition) is 2. The van der Waals surface area contributed by atoms with Crippen molar-refractivity contribution in [3.05, 3.63) is 112 Å². The maximum atomic E-state index is 9.83. The van der Waals surface area contributed by atoms with Crippen molar-refractivity contribution in [3.8, 4) is 0 Å². The Labute approximate surface area is 182 Å². The van der Waals surface area contributed by atoms with E-state index in [1.165, 1.54) is 16.7 Å². The molecule has 29 heavy (non-hydrogen) atoms. The molecule has 0 aliphatic carbocycles. The van der Waals surface area contributed by atoms with E-state index in [1.54, 1.807) is 0 Å². The van der Waals surface area contributed by atoms with Crippen LogP contribution in [0.25, 0.3) is 5.57 Å². The lowest BCUT2D eigenvalue weighted by atomic mass is 9.88. The molecule has 1 unspecified atom stereocenters. The fourth-order valence-electron chi connectivity index (χ4n) is 3.16. The van der Waals surface area contributed by atoms with E-state index in [0.717, 1.165) is 22.5 Å². The lowest BCUT2D eigenvalue weighted by Gasteiger charge is -2.18. The minimum Gasteiger partial charge on any atom is -0.508 e. The van der Waals surface area contributed by atoms with Crippen LogP contribution >= 0.6 is 12.6 Å². The molecule has 0 radical (unpaired) electrons. The summed E-state index contributed by atoms with van der Waals surface area (Å²) >= 11 is 4.68. The summed E-state index contributed by atoms with van der Waals surface area (Å²) in [6.07, 6.45) is 12.5. The van der Waals surface area contributed by atoms with Gasteiger partial charge in [0.05, 0.1) is 0 Å². The Kier molecular flexibility index (Phi) is 9.77. The van der Waals surface area contributed by atoms with Crippen LogP contribution in [0.1, 0.15) is 43.0 Å². The molecule has 1 N–H and O–H groups in total. The van der Waals surface area contributed by atoms with Crippen LogP contribution < -0.4 is 0 Å². The van der Waals surface area contributed by atoms with Crippen LogP contribution in [0.3, 0.4) is 0 Å². The van der Waals surface area contributed by atoms with Gasteiger partial charge in [0, 0.05) is 5.57 Å². The third kappa shape index (κ3) is 6.83. The predicted octanol–water partition coefficient (Wildman–Crippen LogP) is 8.02. The van der Waals surface area contributed by atoms with Crippen molar-refractivity contribution < 1.29 is 5.11 Å². The SMILES string of the molecule is C=C/C(=C\C(=C)/C(=C\C)C(=C)O)c1cc(C)c(C)cc1CC(C)/C(S)=C/C=C\C. The van der Waals surface area contributed by atoms with E-state index in [0.29, 0.717) is 11.1 Å². The fraction of sp³-hybridized carbons (Fsp3) is 0.259. The summed E-state index contributed by atoms with van der Waals surface area (Å²) in [5.74, 6) is 0.299. The van der Waals surface area contributed by atoms with E-state index in [4.69, 9.17) is 0 Å². The molecule has 1 aromatic carbocycles. The van der Waals surface area contributed by atoms with Crippen molar-refractivity contribution >= 4 is 18.2 Å². The molecule has 1 nitrogen and oxygen atoms in total. The van der Waals surface area contributed by atoms with E-state index in [9.17, 15) is 5.11 Å². The zero-order chi connectivity index (χ0) is 22.1. The number of thiol groups is 1. The standard InChI is InChI=1S/C27H34OS/c1-9-12-13-27(29)21(7)16-24-14-18(4)19(5)17-26(24)23(10-2)15-20(6)25(11-3)22(8)28/h9-15,17,21,28-29H,2,6,8,16H2,1,3-5,7H3/b12-9-,23-15+,25-11+,27-13-. The fourth-order valence-corrected chi connectivity index (χ4v) is 3.33. The summed E-state index contributed by atoms with van der Waals surface area (Å²) in [5.41, 5.74) is 7.16. The van der Waals surface area contributed by atoms with E-state index in [-0.39, 0.29) is 11.7 Å². The normalized spacial score (nSPS) is 14.2. The smallest absolute Gasteiger partial charge is 0.115 e. The Hall–Kier alpha value is -2.45. The van der Waals surface area contributed by atoms with Gasteiger partial charge in [-0.2, -0.15) is 0 Å². The topological polar surface area (TPSA) is 20.2 Å². The average Bonchev–Trinajstić information content (AvgIpc) is 2.67. The van der Waals surface area contributed by atoms with Gasteiger partial charge in [-0.15, -0.1) is 12.6 Å². The van der Waals surface area contributed by atoms with E-state index < -0.39 is 0 Å². The van der Waals surface area contributed by atoms with Crippen molar-refractivity contribution in [1.29, 1.82) is 0 Å². The van der Waals surface area contributed by atoms with Crippen LogP contribution in [0, 0.1) is 19.8 Å². The molecule has 0 amide bonds. The molecular weight excluding hydrogens is 372 g/mol. The third-order valence-electron chi connectivity index (χ3n) is 5.02. The lowest BCUT2D eigenvalue weighted by Crippen LogP contribution is -2.04. The number of aliphatic hydroxyl groups excluding tert-OH is 1. The van der Waals surface area contributed by atoms with Crippen molar-refractivity contribution in [1.82, 2.24) is 0 Å². The Morgan fingerprint density at radius 2 is 1.79 bits per heavy atom. The largest absolute Gasteiger partial charge is 0.508 e. The number of allylic oxidation sites excluding steroid dienone is 9. The van der Waals surface area contributed by atoms with E-state index in [2.05, 4.69) is 65.3 Å². The monoisotopic (exact) mass is 406 g/mol. The Balaban J connectivity index is 3.47. The highest BCUT2D eigenvalue weighted by Crippen LogP contribution is 2.30. The summed E-state index contributed by atoms with van der Waals surface area (Å²) in [6.45, 7) is 22.1. The van der Waals surface area contributed by atoms with Gasteiger partial charge in [0.25, 0.3) is 0 Å². The molecule has 2 heteroatoms. The van der Waals surface area contributed by atoms with E-state index in [1.807, 2.05) is 50.3 Å². The van der Waals surface area contributed by atoms with Crippen LogP contribution in [-0.2, 0) is 6.42 Å². The number of benzene rings is 1. The number of hydrogen-bond acceptors (Lipinski definition) is 2. The van der Waals surface area contributed by atoms with Crippen LogP contribution in [0.2, 0.25) is 0 Å². The highest BCUT2D eigenvalue weighted by Gasteiger charge is 2.14. The van der Waals surface area contributed by atoms with E-state index >= 15 is 0 Å². The molecule has 0 aliphatic heterocycles.